The zero-order valence-electron chi connectivity index (χ0n) is 16.7. The van der Waals surface area contributed by atoms with Gasteiger partial charge in [-0.05, 0) is 30.9 Å². The van der Waals surface area contributed by atoms with Gasteiger partial charge in [-0.15, -0.1) is 13.2 Å². The fourth-order valence-electron chi connectivity index (χ4n) is 3.86. The van der Waals surface area contributed by atoms with Crippen LogP contribution in [0.1, 0.15) is 36.9 Å². The van der Waals surface area contributed by atoms with Crippen molar-refractivity contribution in [3.05, 3.63) is 60.7 Å². The van der Waals surface area contributed by atoms with Gasteiger partial charge < -0.3 is 15.1 Å². The average Bonchev–Trinajstić information content (AvgIpc) is 2.67. The van der Waals surface area contributed by atoms with Crippen molar-refractivity contribution in [2.45, 2.75) is 32.7 Å². The minimum Gasteiger partial charge on any atom is -0.341 e. The Bertz CT molecular complexity index is 703. The van der Waals surface area contributed by atoms with Crippen molar-refractivity contribution in [2.75, 3.05) is 26.7 Å². The normalized spacial score (nSPS) is 17.4. The van der Waals surface area contributed by atoms with Gasteiger partial charge in [0.05, 0.1) is 11.5 Å². The predicted octanol–water partition coefficient (Wildman–Crippen LogP) is 3.68. The molecule has 1 heterocycles. The van der Waals surface area contributed by atoms with Crippen LogP contribution in [0.25, 0.3) is 0 Å². The smallest absolute Gasteiger partial charge is 0.317 e. The molecule has 2 rings (SSSR count). The zero-order chi connectivity index (χ0) is 20.0. The number of rotatable bonds is 6. The summed E-state index contributed by atoms with van der Waals surface area (Å²) in [6, 6.07) is 7.76. The molecule has 5 nitrogen and oxygen atoms in total. The van der Waals surface area contributed by atoms with Crippen LogP contribution in [0.15, 0.2) is 49.6 Å². The molecule has 0 aliphatic carbocycles. The number of allylic oxidation sites excluding steroid dienone is 2. The molecular weight excluding hydrogens is 338 g/mol. The Labute approximate surface area is 162 Å². The summed E-state index contributed by atoms with van der Waals surface area (Å²) < 4.78 is 0. The van der Waals surface area contributed by atoms with E-state index in [0.717, 1.165) is 11.1 Å². The van der Waals surface area contributed by atoms with Gasteiger partial charge in [-0.25, -0.2) is 4.79 Å². The molecule has 1 aliphatic rings. The summed E-state index contributed by atoms with van der Waals surface area (Å²) in [6.45, 7) is 13.1. The van der Waals surface area contributed by atoms with Crippen LogP contribution in [0, 0.1) is 12.3 Å². The molecule has 1 N–H and O–H groups in total. The van der Waals surface area contributed by atoms with E-state index in [2.05, 4.69) is 18.5 Å². The van der Waals surface area contributed by atoms with Crippen LogP contribution in [-0.4, -0.2) is 48.4 Å². The molecule has 1 aromatic carbocycles. The number of nitrogens with one attached hydrogen (secondary N) is 1. The second-order valence-electron chi connectivity index (χ2n) is 7.42. The summed E-state index contributed by atoms with van der Waals surface area (Å²) in [5.74, 6) is 0.0949. The fourth-order valence-corrected chi connectivity index (χ4v) is 3.86. The number of piperazine rings is 1. The first-order valence-corrected chi connectivity index (χ1v) is 9.43. The number of nitrogens with zero attached hydrogens (tertiary/aromatic N) is 2. The van der Waals surface area contributed by atoms with E-state index in [1.165, 1.54) is 0 Å². The molecule has 0 aromatic heterocycles. The van der Waals surface area contributed by atoms with E-state index in [4.69, 9.17) is 0 Å². The van der Waals surface area contributed by atoms with E-state index in [1.54, 1.807) is 19.2 Å². The van der Waals surface area contributed by atoms with Crippen LogP contribution >= 0.6 is 0 Å². The van der Waals surface area contributed by atoms with Crippen molar-refractivity contribution in [1.82, 2.24) is 15.1 Å². The van der Waals surface area contributed by atoms with Crippen molar-refractivity contribution in [1.29, 1.82) is 0 Å². The van der Waals surface area contributed by atoms with E-state index in [9.17, 15) is 9.59 Å². The quantitative estimate of drug-likeness (QED) is 0.778. The zero-order valence-corrected chi connectivity index (χ0v) is 16.7. The van der Waals surface area contributed by atoms with Gasteiger partial charge in [-0.1, -0.05) is 43.3 Å². The van der Waals surface area contributed by atoms with Crippen molar-refractivity contribution < 1.29 is 9.59 Å². The minimum absolute atomic E-state index is 0.0949. The van der Waals surface area contributed by atoms with E-state index in [1.807, 2.05) is 47.9 Å². The molecule has 1 fully saturated rings. The number of hydrogen-bond acceptors (Lipinski definition) is 2. The standard InChI is InChI=1S/C22H31N3O2/c1-6-12-22(4,13-7-2)20(26)24-14-15-25(21(27)23-5)19(16-24)18-11-9-8-10-17(18)3/h6-11,19H,1-2,12-16H2,3-5H3,(H,23,27)/t19-/m1/s1. The second kappa shape index (κ2) is 8.89. The Morgan fingerprint density at radius 3 is 2.41 bits per heavy atom. The number of benzene rings is 1. The Balaban J connectivity index is 2.34. The van der Waals surface area contributed by atoms with Crippen LogP contribution in [0.4, 0.5) is 4.79 Å². The Kier molecular flexibility index (Phi) is 6.83. The molecule has 1 aliphatic heterocycles. The maximum absolute atomic E-state index is 13.3. The van der Waals surface area contributed by atoms with Gasteiger partial charge in [0, 0.05) is 26.7 Å². The number of carbonyl (C=O) groups excluding carboxylic acids is 2. The molecular formula is C22H31N3O2. The molecule has 27 heavy (non-hydrogen) atoms. The molecule has 0 radical (unpaired) electrons. The van der Waals surface area contributed by atoms with Crippen LogP contribution in [0.3, 0.4) is 0 Å². The molecule has 0 saturated carbocycles. The molecule has 3 amide bonds. The van der Waals surface area contributed by atoms with Crippen molar-refractivity contribution in [2.24, 2.45) is 5.41 Å². The lowest BCUT2D eigenvalue weighted by Gasteiger charge is -2.44. The topological polar surface area (TPSA) is 52.7 Å². The highest BCUT2D eigenvalue weighted by atomic mass is 16.2. The first kappa shape index (κ1) is 20.7. The van der Waals surface area contributed by atoms with E-state index in [0.29, 0.717) is 32.5 Å². The molecule has 146 valence electrons. The molecule has 1 atom stereocenters. The second-order valence-corrected chi connectivity index (χ2v) is 7.42. The summed E-state index contributed by atoms with van der Waals surface area (Å²) in [5, 5.41) is 2.73. The average molecular weight is 370 g/mol. The highest BCUT2D eigenvalue weighted by Crippen LogP contribution is 2.34. The van der Waals surface area contributed by atoms with Gasteiger partial charge >= 0.3 is 6.03 Å². The lowest BCUT2D eigenvalue weighted by molar-refractivity contribution is -0.143. The fraction of sp³-hybridized carbons (Fsp3) is 0.455. The van der Waals surface area contributed by atoms with Gasteiger partial charge in [-0.3, -0.25) is 4.79 Å². The molecule has 0 bridgehead atoms. The van der Waals surface area contributed by atoms with Gasteiger partial charge in [0.2, 0.25) is 5.91 Å². The Morgan fingerprint density at radius 2 is 1.85 bits per heavy atom. The summed E-state index contributed by atoms with van der Waals surface area (Å²) in [5.41, 5.74) is 1.65. The van der Waals surface area contributed by atoms with Gasteiger partial charge in [0.25, 0.3) is 0 Å². The third-order valence-corrected chi connectivity index (χ3v) is 5.40. The number of urea groups is 1. The van der Waals surface area contributed by atoms with E-state index >= 15 is 0 Å². The van der Waals surface area contributed by atoms with Gasteiger partial charge in [0.15, 0.2) is 0 Å². The van der Waals surface area contributed by atoms with Crippen LogP contribution in [0.2, 0.25) is 0 Å². The number of aryl methyl sites for hydroxylation is 1. The first-order chi connectivity index (χ1) is 12.9. The summed E-state index contributed by atoms with van der Waals surface area (Å²) in [6.07, 6.45) is 4.78. The number of amides is 3. The van der Waals surface area contributed by atoms with Crippen LogP contribution < -0.4 is 5.32 Å². The predicted molar refractivity (Wildman–Crippen MR) is 109 cm³/mol. The highest BCUT2D eigenvalue weighted by molar-refractivity contribution is 5.83. The number of hydrogen-bond donors (Lipinski definition) is 1. The third kappa shape index (κ3) is 4.41. The Hall–Kier alpha value is -2.56. The number of carbonyl (C=O) groups is 2. The SMILES string of the molecule is C=CCC(C)(CC=C)C(=O)N1CCN(C(=O)NC)[C@@H](c2ccccc2C)C1. The maximum Gasteiger partial charge on any atom is 0.317 e. The lowest BCUT2D eigenvalue weighted by Crippen LogP contribution is -2.56. The molecule has 0 unspecified atom stereocenters. The van der Waals surface area contributed by atoms with Crippen molar-refractivity contribution in [3.8, 4) is 0 Å². The summed E-state index contributed by atoms with van der Waals surface area (Å²) in [4.78, 5) is 29.5. The van der Waals surface area contributed by atoms with Crippen molar-refractivity contribution >= 4 is 11.9 Å². The monoisotopic (exact) mass is 369 g/mol. The molecule has 0 spiro atoms. The first-order valence-electron chi connectivity index (χ1n) is 9.43. The van der Waals surface area contributed by atoms with Gasteiger partial charge in [-0.2, -0.15) is 0 Å². The molecule has 5 heteroatoms. The summed E-state index contributed by atoms with van der Waals surface area (Å²) >= 11 is 0. The minimum atomic E-state index is -0.547. The largest absolute Gasteiger partial charge is 0.341 e. The highest BCUT2D eigenvalue weighted by Gasteiger charge is 2.39. The van der Waals surface area contributed by atoms with E-state index < -0.39 is 5.41 Å². The Morgan fingerprint density at radius 1 is 1.22 bits per heavy atom. The molecule has 1 saturated heterocycles. The summed E-state index contributed by atoms with van der Waals surface area (Å²) in [7, 11) is 1.64. The van der Waals surface area contributed by atoms with Crippen molar-refractivity contribution in [3.63, 3.8) is 0 Å². The third-order valence-electron chi connectivity index (χ3n) is 5.40. The molecule has 1 aromatic rings. The van der Waals surface area contributed by atoms with E-state index in [-0.39, 0.29) is 18.0 Å². The van der Waals surface area contributed by atoms with Gasteiger partial charge in [0.1, 0.15) is 0 Å². The van der Waals surface area contributed by atoms with Crippen LogP contribution in [0.5, 0.6) is 0 Å². The lowest BCUT2D eigenvalue weighted by atomic mass is 9.81. The van der Waals surface area contributed by atoms with Crippen LogP contribution in [-0.2, 0) is 4.79 Å². The maximum atomic E-state index is 13.3.